The summed E-state index contributed by atoms with van der Waals surface area (Å²) in [5.41, 5.74) is 0.228. The number of methoxy groups -OCH3 is 1. The first-order chi connectivity index (χ1) is 8.69. The molecule has 1 heterocycles. The van der Waals surface area contributed by atoms with Crippen molar-refractivity contribution in [2.24, 2.45) is 0 Å². The molecule has 2 rings (SSSR count). The number of thioether (sulfide) groups is 1. The number of carbonyl (C=O) groups is 1. The van der Waals surface area contributed by atoms with Gasteiger partial charge in [0.25, 0.3) is 0 Å². The van der Waals surface area contributed by atoms with E-state index in [1.165, 1.54) is 26.4 Å². The van der Waals surface area contributed by atoms with Gasteiger partial charge in [-0.25, -0.2) is 4.79 Å². The third kappa shape index (κ3) is 2.75. The van der Waals surface area contributed by atoms with Crippen molar-refractivity contribution in [1.82, 2.24) is 10.2 Å². The van der Waals surface area contributed by atoms with Crippen molar-refractivity contribution in [3.8, 4) is 0 Å². The lowest BCUT2D eigenvalue weighted by atomic mass is 9.84. The fourth-order valence-electron chi connectivity index (χ4n) is 1.92. The van der Waals surface area contributed by atoms with Gasteiger partial charge in [-0.1, -0.05) is 6.42 Å². The van der Waals surface area contributed by atoms with Crippen LogP contribution in [0.2, 0.25) is 0 Å². The van der Waals surface area contributed by atoms with E-state index >= 15 is 0 Å². The highest BCUT2D eigenvalue weighted by atomic mass is 32.2. The topological polar surface area (TPSA) is 64.1 Å². The zero-order valence-corrected chi connectivity index (χ0v) is 11.4. The third-order valence-corrected chi connectivity index (χ3v) is 4.77. The summed E-state index contributed by atoms with van der Waals surface area (Å²) in [5, 5.41) is 11.1. The summed E-state index contributed by atoms with van der Waals surface area (Å²) in [6, 6.07) is 3.37. The number of hydrogen-bond acceptors (Lipinski definition) is 6. The van der Waals surface area contributed by atoms with E-state index in [4.69, 9.17) is 0 Å². The zero-order chi connectivity index (χ0) is 13.0. The van der Waals surface area contributed by atoms with Gasteiger partial charge in [-0.15, -0.1) is 10.2 Å². The maximum atomic E-state index is 11.2. The minimum Gasteiger partial charge on any atom is -0.464 e. The Kier molecular flexibility index (Phi) is 4.06. The van der Waals surface area contributed by atoms with Crippen LogP contribution in [0.5, 0.6) is 0 Å². The lowest BCUT2D eigenvalue weighted by molar-refractivity contribution is 0.0593. The van der Waals surface area contributed by atoms with Gasteiger partial charge < -0.3 is 10.1 Å². The largest absolute Gasteiger partial charge is 0.464 e. The highest BCUT2D eigenvalue weighted by Gasteiger charge is 2.35. The van der Waals surface area contributed by atoms with Gasteiger partial charge in [0.1, 0.15) is 5.82 Å². The van der Waals surface area contributed by atoms with Crippen LogP contribution in [-0.4, -0.2) is 40.8 Å². The predicted octanol–water partition coefficient (Wildman–Crippen LogP) is 1.96. The second-order valence-electron chi connectivity index (χ2n) is 4.39. The maximum absolute atomic E-state index is 11.2. The summed E-state index contributed by atoms with van der Waals surface area (Å²) in [6.07, 6.45) is 5.94. The zero-order valence-electron chi connectivity index (χ0n) is 10.6. The Balaban J connectivity index is 1.92. The summed E-state index contributed by atoms with van der Waals surface area (Å²) in [4.78, 5) is 11.2. The molecule has 0 aliphatic heterocycles. The van der Waals surface area contributed by atoms with Crippen LogP contribution in [-0.2, 0) is 4.74 Å². The number of carbonyl (C=O) groups excluding carboxylic acids is 1. The number of esters is 1. The Labute approximate surface area is 111 Å². The average Bonchev–Trinajstić information content (AvgIpc) is 2.38. The third-order valence-electron chi connectivity index (χ3n) is 3.35. The van der Waals surface area contributed by atoms with E-state index in [0.29, 0.717) is 10.6 Å². The molecule has 98 valence electrons. The molecule has 1 fully saturated rings. The molecule has 0 spiro atoms. The van der Waals surface area contributed by atoms with Gasteiger partial charge in [0.15, 0.2) is 5.69 Å². The predicted molar refractivity (Wildman–Crippen MR) is 72.0 cm³/mol. The molecule has 1 saturated carbocycles. The van der Waals surface area contributed by atoms with Crippen molar-refractivity contribution < 1.29 is 9.53 Å². The van der Waals surface area contributed by atoms with Crippen LogP contribution in [0, 0.1) is 0 Å². The Morgan fingerprint density at radius 1 is 1.50 bits per heavy atom. The van der Waals surface area contributed by atoms with E-state index < -0.39 is 5.97 Å². The lowest BCUT2D eigenvalue weighted by Crippen LogP contribution is -2.40. The Morgan fingerprint density at radius 3 is 2.72 bits per heavy atom. The van der Waals surface area contributed by atoms with Crippen LogP contribution in [0.25, 0.3) is 0 Å². The van der Waals surface area contributed by atoms with Gasteiger partial charge in [-0.05, 0) is 31.2 Å². The smallest absolute Gasteiger partial charge is 0.358 e. The first-order valence-electron chi connectivity index (χ1n) is 5.90. The second kappa shape index (κ2) is 5.56. The minimum atomic E-state index is -0.464. The molecule has 1 aliphatic carbocycles. The maximum Gasteiger partial charge on any atom is 0.358 e. The number of aromatic nitrogens is 2. The Morgan fingerprint density at radius 2 is 2.28 bits per heavy atom. The molecule has 6 heteroatoms. The number of nitrogens with zero attached hydrogens (tertiary/aromatic N) is 2. The van der Waals surface area contributed by atoms with E-state index in [0.717, 1.165) is 6.54 Å². The van der Waals surface area contributed by atoms with Gasteiger partial charge in [-0.3, -0.25) is 0 Å². The quantitative estimate of drug-likeness (QED) is 0.823. The Bertz CT molecular complexity index is 412. The first kappa shape index (κ1) is 13.1. The minimum absolute atomic E-state index is 0.228. The summed E-state index contributed by atoms with van der Waals surface area (Å²) in [5.74, 6) is 0.233. The highest BCUT2D eigenvalue weighted by Crippen LogP contribution is 2.42. The van der Waals surface area contributed by atoms with Crippen LogP contribution in [0.4, 0.5) is 5.82 Å². The first-order valence-corrected chi connectivity index (χ1v) is 7.13. The standard InChI is InChI=1S/C12H17N3O2S/c1-17-11(16)9-4-5-10(15-14-9)13-8-12(18-2)6-3-7-12/h4-5H,3,6-8H2,1-2H3,(H,13,15). The molecule has 0 unspecified atom stereocenters. The fraction of sp³-hybridized carbons (Fsp3) is 0.583. The molecule has 5 nitrogen and oxygen atoms in total. The number of rotatable bonds is 5. The van der Waals surface area contributed by atoms with Crippen molar-refractivity contribution in [2.75, 3.05) is 25.2 Å². The van der Waals surface area contributed by atoms with Gasteiger partial charge in [0.05, 0.1) is 7.11 Å². The molecule has 0 bridgehead atoms. The fourth-order valence-corrected chi connectivity index (χ4v) is 2.83. The summed E-state index contributed by atoms with van der Waals surface area (Å²) in [6.45, 7) is 0.889. The van der Waals surface area contributed by atoms with Crippen LogP contribution in [0.15, 0.2) is 12.1 Å². The highest BCUT2D eigenvalue weighted by molar-refractivity contribution is 8.00. The molecule has 1 N–H and O–H groups in total. The van der Waals surface area contributed by atoms with E-state index in [2.05, 4.69) is 26.5 Å². The van der Waals surface area contributed by atoms with Crippen molar-refractivity contribution in [2.45, 2.75) is 24.0 Å². The second-order valence-corrected chi connectivity index (χ2v) is 5.66. The van der Waals surface area contributed by atoms with E-state index in [9.17, 15) is 4.79 Å². The summed E-state index contributed by atoms with van der Waals surface area (Å²) in [7, 11) is 1.33. The molecule has 0 atom stereocenters. The SMILES string of the molecule is COC(=O)c1ccc(NCC2(SC)CCC2)nn1. The molecule has 1 aliphatic rings. The van der Waals surface area contributed by atoms with Crippen molar-refractivity contribution in [1.29, 1.82) is 0 Å². The molecule has 1 aromatic heterocycles. The molecule has 0 aromatic carbocycles. The molecule has 0 radical (unpaired) electrons. The number of nitrogens with one attached hydrogen (secondary N) is 1. The van der Waals surface area contributed by atoms with Crippen LogP contribution in [0.1, 0.15) is 29.8 Å². The summed E-state index contributed by atoms with van der Waals surface area (Å²) >= 11 is 1.91. The van der Waals surface area contributed by atoms with E-state index in [-0.39, 0.29) is 5.69 Å². The van der Waals surface area contributed by atoms with E-state index in [1.807, 2.05) is 11.8 Å². The molecule has 1 aromatic rings. The average molecular weight is 267 g/mol. The van der Waals surface area contributed by atoms with Crippen molar-refractivity contribution in [3.63, 3.8) is 0 Å². The Hall–Kier alpha value is -1.30. The van der Waals surface area contributed by atoms with Gasteiger partial charge in [0.2, 0.25) is 0 Å². The van der Waals surface area contributed by atoms with Gasteiger partial charge in [0, 0.05) is 11.3 Å². The molecule has 0 saturated heterocycles. The molecule has 18 heavy (non-hydrogen) atoms. The van der Waals surface area contributed by atoms with Gasteiger partial charge in [-0.2, -0.15) is 11.8 Å². The van der Waals surface area contributed by atoms with Crippen molar-refractivity contribution in [3.05, 3.63) is 17.8 Å². The molecule has 0 amide bonds. The monoisotopic (exact) mass is 267 g/mol. The normalized spacial score (nSPS) is 16.8. The van der Waals surface area contributed by atoms with Crippen LogP contribution < -0.4 is 5.32 Å². The van der Waals surface area contributed by atoms with E-state index in [1.54, 1.807) is 12.1 Å². The number of ether oxygens (including phenoxy) is 1. The summed E-state index contributed by atoms with van der Waals surface area (Å²) < 4.78 is 4.92. The molecular weight excluding hydrogens is 250 g/mol. The van der Waals surface area contributed by atoms with Gasteiger partial charge >= 0.3 is 5.97 Å². The molecular formula is C12H17N3O2S. The number of anilines is 1. The van der Waals surface area contributed by atoms with Crippen LogP contribution >= 0.6 is 11.8 Å². The van der Waals surface area contributed by atoms with Crippen LogP contribution in [0.3, 0.4) is 0 Å². The number of hydrogen-bond donors (Lipinski definition) is 1. The lowest BCUT2D eigenvalue weighted by Gasteiger charge is -2.40. The van der Waals surface area contributed by atoms with Crippen molar-refractivity contribution >= 4 is 23.5 Å².